The largest absolute Gasteiger partial charge is 0.368 e. The van der Waals surface area contributed by atoms with Gasteiger partial charge >= 0.3 is 0 Å². The van der Waals surface area contributed by atoms with Crippen LogP contribution in [0.25, 0.3) is 5.57 Å². The van der Waals surface area contributed by atoms with Crippen LogP contribution < -0.4 is 10.6 Å². The lowest BCUT2D eigenvalue weighted by atomic mass is 9.94. The van der Waals surface area contributed by atoms with Gasteiger partial charge in [0, 0.05) is 13.5 Å². The van der Waals surface area contributed by atoms with E-state index in [-0.39, 0.29) is 0 Å². The molecule has 0 amide bonds. The maximum atomic E-state index is 6.43. The van der Waals surface area contributed by atoms with Crippen LogP contribution in [0.2, 0.25) is 0 Å². The van der Waals surface area contributed by atoms with Crippen LogP contribution in [0.15, 0.2) is 109 Å². The minimum absolute atomic E-state index is 0.395. The third kappa shape index (κ3) is 3.41. The Bertz CT molecular complexity index is 892. The number of hydrogen-bond acceptors (Lipinski definition) is 1. The summed E-state index contributed by atoms with van der Waals surface area (Å²) < 4.78 is 6.43. The highest BCUT2D eigenvalue weighted by Gasteiger charge is 2.44. The first-order valence-corrected chi connectivity index (χ1v) is 10.6. The van der Waals surface area contributed by atoms with Gasteiger partial charge in [0.05, 0.1) is 0 Å². The number of hydrogen-bond donors (Lipinski definition) is 0. The summed E-state index contributed by atoms with van der Waals surface area (Å²) in [6.45, 7) is 0. The Kier molecular flexibility index (Phi) is 5.34. The number of methoxy groups -OCH3 is 1. The summed E-state index contributed by atoms with van der Waals surface area (Å²) in [5.41, 5.74) is 2.48. The first-order valence-electron chi connectivity index (χ1n) is 9.23. The van der Waals surface area contributed by atoms with E-state index < -0.39 is 13.3 Å². The molecule has 2 heteroatoms. The summed E-state index contributed by atoms with van der Waals surface area (Å²) in [4.78, 5) is 0. The lowest BCUT2D eigenvalue weighted by Gasteiger charge is -2.43. The van der Waals surface area contributed by atoms with Crippen molar-refractivity contribution in [2.24, 2.45) is 0 Å². The van der Waals surface area contributed by atoms with Gasteiger partial charge in [-0.15, -0.1) is 0 Å². The molecule has 0 spiro atoms. The van der Waals surface area contributed by atoms with Gasteiger partial charge in [0.2, 0.25) is 0 Å². The minimum Gasteiger partial charge on any atom is -0.368 e. The molecule has 0 saturated carbocycles. The molecule has 0 bridgehead atoms. The number of ether oxygens (including phenoxy) is 1. The van der Waals surface area contributed by atoms with Crippen molar-refractivity contribution < 1.29 is 4.74 Å². The van der Waals surface area contributed by atoms with Crippen LogP contribution in [-0.4, -0.2) is 12.5 Å². The lowest BCUT2D eigenvalue weighted by Crippen LogP contribution is -2.38. The Balaban J connectivity index is 1.93. The van der Waals surface area contributed by atoms with E-state index in [1.165, 1.54) is 21.7 Å². The average molecular weight is 370 g/mol. The zero-order chi connectivity index (χ0) is 18.5. The van der Waals surface area contributed by atoms with E-state index >= 15 is 0 Å². The van der Waals surface area contributed by atoms with Crippen LogP contribution in [0.4, 0.5) is 0 Å². The third-order valence-corrected chi connectivity index (χ3v) is 7.98. The van der Waals surface area contributed by atoms with E-state index in [9.17, 15) is 0 Å². The molecular weight excluding hydrogens is 347 g/mol. The Hall–Kier alpha value is -2.47. The molecule has 1 atom stereocenters. The standard InChI is InChI=1S/C25H23OP/c1-26-25(20-12-11-19-24(25)21-13-5-2-6-14-21)27(22-15-7-3-8-16-22)23-17-9-4-10-18-23/h2-19H,20H2,1H3/t25-/m1/s1. The topological polar surface area (TPSA) is 9.23 Å². The fourth-order valence-electron chi connectivity index (χ4n) is 3.79. The van der Waals surface area contributed by atoms with Gasteiger partial charge in [-0.05, 0) is 29.7 Å². The van der Waals surface area contributed by atoms with Crippen LogP contribution >= 0.6 is 7.92 Å². The van der Waals surface area contributed by atoms with Crippen molar-refractivity contribution in [3.63, 3.8) is 0 Å². The summed E-state index contributed by atoms with van der Waals surface area (Å²) in [5.74, 6) is 0. The predicted molar refractivity (Wildman–Crippen MR) is 117 cm³/mol. The molecule has 3 aromatic carbocycles. The van der Waals surface area contributed by atoms with E-state index in [1.807, 2.05) is 7.11 Å². The molecule has 1 aliphatic carbocycles. The van der Waals surface area contributed by atoms with Gasteiger partial charge in [-0.1, -0.05) is 109 Å². The van der Waals surface area contributed by atoms with Gasteiger partial charge in [-0.2, -0.15) is 0 Å². The second-order valence-corrected chi connectivity index (χ2v) is 9.00. The molecule has 3 aromatic rings. The molecule has 0 fully saturated rings. The predicted octanol–water partition coefficient (Wildman–Crippen LogP) is 5.51. The zero-order valence-electron chi connectivity index (χ0n) is 15.5. The van der Waals surface area contributed by atoms with Crippen molar-refractivity contribution in [1.82, 2.24) is 0 Å². The Morgan fingerprint density at radius 1 is 0.741 bits per heavy atom. The zero-order valence-corrected chi connectivity index (χ0v) is 16.3. The minimum atomic E-state index is -0.758. The molecule has 1 nitrogen and oxygen atoms in total. The normalized spacial score (nSPS) is 19.1. The van der Waals surface area contributed by atoms with Crippen LogP contribution in [-0.2, 0) is 4.74 Å². The quantitative estimate of drug-likeness (QED) is 0.539. The monoisotopic (exact) mass is 370 g/mol. The highest BCUT2D eigenvalue weighted by atomic mass is 31.1. The third-order valence-electron chi connectivity index (χ3n) is 5.03. The van der Waals surface area contributed by atoms with E-state index in [4.69, 9.17) is 4.74 Å². The lowest BCUT2D eigenvalue weighted by molar-refractivity contribution is 0.117. The highest BCUT2D eigenvalue weighted by Crippen LogP contribution is 2.58. The highest BCUT2D eigenvalue weighted by molar-refractivity contribution is 7.74. The molecule has 0 radical (unpaired) electrons. The Morgan fingerprint density at radius 3 is 1.78 bits per heavy atom. The molecule has 1 aliphatic rings. The maximum Gasteiger partial charge on any atom is 0.123 e. The summed E-state index contributed by atoms with van der Waals surface area (Å²) >= 11 is 0. The second-order valence-electron chi connectivity index (χ2n) is 6.57. The smallest absolute Gasteiger partial charge is 0.123 e. The molecule has 0 N–H and O–H groups in total. The van der Waals surface area contributed by atoms with Gasteiger partial charge in [-0.25, -0.2) is 0 Å². The molecule has 0 unspecified atom stereocenters. The van der Waals surface area contributed by atoms with E-state index in [1.54, 1.807) is 0 Å². The number of allylic oxidation sites excluding steroid dienone is 2. The van der Waals surface area contributed by atoms with Gasteiger partial charge in [0.1, 0.15) is 5.34 Å². The van der Waals surface area contributed by atoms with Crippen molar-refractivity contribution >= 4 is 24.1 Å². The molecule has 0 aliphatic heterocycles. The van der Waals surface area contributed by atoms with Crippen LogP contribution in [0.1, 0.15) is 12.0 Å². The molecule has 0 aromatic heterocycles. The van der Waals surface area contributed by atoms with Gasteiger partial charge in [0.25, 0.3) is 0 Å². The molecular formula is C25H23OP. The molecule has 27 heavy (non-hydrogen) atoms. The number of benzene rings is 3. The fraction of sp³-hybridized carbons (Fsp3) is 0.120. The number of rotatable bonds is 5. The SMILES string of the molecule is CO[C@@]1(P(c2ccccc2)c2ccccc2)CC=CC=C1c1ccccc1. The second kappa shape index (κ2) is 8.05. The Morgan fingerprint density at radius 2 is 1.26 bits per heavy atom. The maximum absolute atomic E-state index is 6.43. The summed E-state index contributed by atoms with van der Waals surface area (Å²) in [7, 11) is 1.10. The average Bonchev–Trinajstić information content (AvgIpc) is 2.76. The van der Waals surface area contributed by atoms with Crippen LogP contribution in [0.3, 0.4) is 0 Å². The summed E-state index contributed by atoms with van der Waals surface area (Å²) in [5, 5.41) is 2.27. The van der Waals surface area contributed by atoms with Crippen LogP contribution in [0.5, 0.6) is 0 Å². The molecule has 0 saturated heterocycles. The molecule has 0 heterocycles. The van der Waals surface area contributed by atoms with Crippen molar-refractivity contribution in [2.75, 3.05) is 7.11 Å². The van der Waals surface area contributed by atoms with Crippen molar-refractivity contribution in [1.29, 1.82) is 0 Å². The first-order chi connectivity index (χ1) is 13.3. The molecule has 134 valence electrons. The summed E-state index contributed by atoms with van der Waals surface area (Å²) in [6, 6.07) is 32.2. The van der Waals surface area contributed by atoms with E-state index in [2.05, 4.69) is 109 Å². The fourth-order valence-corrected chi connectivity index (χ4v) is 6.78. The van der Waals surface area contributed by atoms with Crippen LogP contribution in [0, 0.1) is 0 Å². The van der Waals surface area contributed by atoms with Crippen molar-refractivity contribution in [3.05, 3.63) is 115 Å². The molecule has 4 rings (SSSR count). The summed E-state index contributed by atoms with van der Waals surface area (Å²) in [6.07, 6.45) is 7.48. The van der Waals surface area contributed by atoms with E-state index in [0.29, 0.717) is 0 Å². The van der Waals surface area contributed by atoms with Crippen molar-refractivity contribution in [3.8, 4) is 0 Å². The first kappa shape index (κ1) is 17.9. The van der Waals surface area contributed by atoms with Gasteiger partial charge in [-0.3, -0.25) is 0 Å². The van der Waals surface area contributed by atoms with Gasteiger partial charge < -0.3 is 4.74 Å². The van der Waals surface area contributed by atoms with Gasteiger partial charge in [0.15, 0.2) is 0 Å². The van der Waals surface area contributed by atoms with E-state index in [0.717, 1.165) is 6.42 Å². The van der Waals surface area contributed by atoms with Crippen molar-refractivity contribution in [2.45, 2.75) is 11.8 Å². The Labute approximate surface area is 162 Å².